The summed E-state index contributed by atoms with van der Waals surface area (Å²) in [6.45, 7) is 0. The molecule has 3 nitrogen and oxygen atoms in total. The molecule has 0 saturated heterocycles. The molecular formula is C5H8NO2S+. The van der Waals surface area contributed by atoms with Gasteiger partial charge >= 0.3 is 6.09 Å². The predicted molar refractivity (Wildman–Crippen MR) is 36.5 cm³/mol. The predicted octanol–water partition coefficient (Wildman–Crippen LogP) is 0.493. The number of thioether (sulfide) groups is 1. The van der Waals surface area contributed by atoms with Crippen molar-refractivity contribution in [1.82, 2.24) is 0 Å². The van der Waals surface area contributed by atoms with Crippen LogP contribution in [0.3, 0.4) is 0 Å². The van der Waals surface area contributed by atoms with Crippen molar-refractivity contribution in [2.24, 2.45) is 0 Å². The summed E-state index contributed by atoms with van der Waals surface area (Å²) in [4.78, 5) is 10.1. The lowest BCUT2D eigenvalue weighted by Crippen LogP contribution is -2.10. The van der Waals surface area contributed by atoms with Crippen LogP contribution in [0.4, 0.5) is 4.79 Å². The minimum atomic E-state index is -0.839. The Morgan fingerprint density at radius 1 is 2.00 bits per heavy atom. The van der Waals surface area contributed by atoms with Crippen molar-refractivity contribution in [3.63, 3.8) is 0 Å². The SMILES string of the molecule is CSCC1C=[N+]1C(=O)O. The molecule has 1 aliphatic heterocycles. The minimum Gasteiger partial charge on any atom is -0.427 e. The summed E-state index contributed by atoms with van der Waals surface area (Å²) in [5.74, 6) is 0.881. The third-order valence-electron chi connectivity index (χ3n) is 1.16. The molecule has 1 atom stereocenters. The molecule has 1 N–H and O–H groups in total. The van der Waals surface area contributed by atoms with Gasteiger partial charge in [-0.1, -0.05) is 0 Å². The second-order valence-corrected chi connectivity index (χ2v) is 2.77. The summed E-state index contributed by atoms with van der Waals surface area (Å²) >= 11 is 1.66. The van der Waals surface area contributed by atoms with Gasteiger partial charge in [0.2, 0.25) is 12.3 Å². The van der Waals surface area contributed by atoms with Gasteiger partial charge in [-0.3, -0.25) is 0 Å². The highest BCUT2D eigenvalue weighted by molar-refractivity contribution is 7.98. The zero-order valence-corrected chi connectivity index (χ0v) is 5.89. The van der Waals surface area contributed by atoms with Crippen molar-refractivity contribution in [1.29, 1.82) is 0 Å². The number of rotatable bonds is 2. The second kappa shape index (κ2) is 2.39. The van der Waals surface area contributed by atoms with Crippen LogP contribution in [0.1, 0.15) is 0 Å². The fraction of sp³-hybridized carbons (Fsp3) is 0.600. The van der Waals surface area contributed by atoms with Gasteiger partial charge in [-0.25, -0.2) is 0 Å². The molecule has 1 rings (SSSR count). The number of nitrogens with zero attached hydrogens (tertiary/aromatic N) is 1. The summed E-state index contributed by atoms with van der Waals surface area (Å²) in [5.41, 5.74) is 0. The van der Waals surface area contributed by atoms with Crippen LogP contribution >= 0.6 is 11.8 Å². The Balaban J connectivity index is 2.23. The van der Waals surface area contributed by atoms with Gasteiger partial charge in [-0.05, 0) is 6.26 Å². The summed E-state index contributed by atoms with van der Waals surface area (Å²) in [6, 6.07) is 0.178. The average Bonchev–Trinajstić information content (AvgIpc) is 2.47. The van der Waals surface area contributed by atoms with Crippen molar-refractivity contribution in [3.05, 3.63) is 0 Å². The molecule has 0 aromatic rings. The molecule has 50 valence electrons. The van der Waals surface area contributed by atoms with E-state index in [-0.39, 0.29) is 6.04 Å². The zero-order chi connectivity index (χ0) is 6.85. The summed E-state index contributed by atoms with van der Waals surface area (Å²) in [5, 5.41) is 8.34. The number of carbonyl (C=O) groups is 1. The van der Waals surface area contributed by atoms with Crippen molar-refractivity contribution >= 4 is 24.1 Å². The standard InChI is InChI=1S/C5H7NO2S/c1-9-3-4-2-6(4)5(7)8/h2,4H,3H2,1H3/p+1. The van der Waals surface area contributed by atoms with E-state index >= 15 is 0 Å². The molecule has 4 heteroatoms. The van der Waals surface area contributed by atoms with Crippen molar-refractivity contribution in [3.8, 4) is 0 Å². The highest BCUT2D eigenvalue weighted by atomic mass is 32.2. The lowest BCUT2D eigenvalue weighted by atomic mass is 10.5. The van der Waals surface area contributed by atoms with Crippen LogP contribution in [0.2, 0.25) is 0 Å². The van der Waals surface area contributed by atoms with E-state index in [0.717, 1.165) is 5.75 Å². The first-order valence-corrected chi connectivity index (χ1v) is 4.00. The number of carboxylic acid groups (broad SMARTS) is 1. The third-order valence-corrected chi connectivity index (χ3v) is 1.83. The summed E-state index contributed by atoms with van der Waals surface area (Å²) < 4.78 is 1.32. The van der Waals surface area contributed by atoms with E-state index in [1.165, 1.54) is 4.58 Å². The normalized spacial score (nSPS) is 23.2. The Labute approximate surface area is 57.4 Å². The molecule has 0 aromatic heterocycles. The Morgan fingerprint density at radius 2 is 2.67 bits per heavy atom. The molecule has 0 aromatic carbocycles. The fourth-order valence-corrected chi connectivity index (χ4v) is 1.23. The minimum absolute atomic E-state index is 0.178. The molecule has 1 heterocycles. The van der Waals surface area contributed by atoms with E-state index in [4.69, 9.17) is 5.11 Å². The van der Waals surface area contributed by atoms with Gasteiger partial charge in [-0.15, -0.1) is 4.58 Å². The largest absolute Gasteiger partial charge is 0.594 e. The molecule has 0 aliphatic carbocycles. The third kappa shape index (κ3) is 1.45. The van der Waals surface area contributed by atoms with Crippen LogP contribution in [0, 0.1) is 0 Å². The monoisotopic (exact) mass is 146 g/mol. The smallest absolute Gasteiger partial charge is 0.427 e. The van der Waals surface area contributed by atoms with Gasteiger partial charge in [-0.2, -0.15) is 16.6 Å². The molecule has 0 fully saturated rings. The maximum absolute atomic E-state index is 10.1. The lowest BCUT2D eigenvalue weighted by Gasteiger charge is -1.82. The van der Waals surface area contributed by atoms with Crippen molar-refractivity contribution in [2.75, 3.05) is 12.0 Å². The first kappa shape index (κ1) is 6.61. The summed E-state index contributed by atoms with van der Waals surface area (Å²) in [7, 11) is 0. The van der Waals surface area contributed by atoms with Crippen LogP contribution in [0.5, 0.6) is 0 Å². The average molecular weight is 146 g/mol. The van der Waals surface area contributed by atoms with Gasteiger partial charge < -0.3 is 5.11 Å². The van der Waals surface area contributed by atoms with E-state index in [2.05, 4.69) is 0 Å². The zero-order valence-electron chi connectivity index (χ0n) is 5.07. The summed E-state index contributed by atoms with van der Waals surface area (Å²) in [6.07, 6.45) is 2.83. The van der Waals surface area contributed by atoms with Crippen molar-refractivity contribution in [2.45, 2.75) is 6.04 Å². The highest BCUT2D eigenvalue weighted by Gasteiger charge is 2.41. The van der Waals surface area contributed by atoms with Gasteiger partial charge in [0.25, 0.3) is 0 Å². The number of amides is 1. The molecule has 0 spiro atoms. The first-order valence-electron chi connectivity index (χ1n) is 2.61. The van der Waals surface area contributed by atoms with Crippen LogP contribution in [-0.4, -0.2) is 40.0 Å². The lowest BCUT2D eigenvalue weighted by molar-refractivity contribution is -0.379. The molecule has 0 radical (unpaired) electrons. The number of hydrogen-bond donors (Lipinski definition) is 1. The molecule has 1 amide bonds. The Bertz CT molecular complexity index is 166. The van der Waals surface area contributed by atoms with E-state index < -0.39 is 6.09 Å². The van der Waals surface area contributed by atoms with Crippen LogP contribution in [-0.2, 0) is 0 Å². The maximum atomic E-state index is 10.1. The molecule has 0 bridgehead atoms. The van der Waals surface area contributed by atoms with E-state index in [9.17, 15) is 4.79 Å². The molecule has 1 aliphatic rings. The fourth-order valence-electron chi connectivity index (χ4n) is 0.647. The highest BCUT2D eigenvalue weighted by Crippen LogP contribution is 2.08. The second-order valence-electron chi connectivity index (χ2n) is 1.86. The van der Waals surface area contributed by atoms with Gasteiger partial charge in [0.1, 0.15) is 0 Å². The van der Waals surface area contributed by atoms with E-state index in [1.54, 1.807) is 18.0 Å². The van der Waals surface area contributed by atoms with Gasteiger partial charge in [0.05, 0.1) is 5.75 Å². The number of hydrogen-bond acceptors (Lipinski definition) is 2. The van der Waals surface area contributed by atoms with Gasteiger partial charge in [0, 0.05) is 0 Å². The maximum Gasteiger partial charge on any atom is 0.594 e. The first-order chi connectivity index (χ1) is 4.25. The molecule has 9 heavy (non-hydrogen) atoms. The molecule has 0 saturated carbocycles. The van der Waals surface area contributed by atoms with Crippen LogP contribution in [0.15, 0.2) is 0 Å². The van der Waals surface area contributed by atoms with Gasteiger partial charge in [0.15, 0.2) is 0 Å². The van der Waals surface area contributed by atoms with Crippen LogP contribution < -0.4 is 0 Å². The Hall–Kier alpha value is -0.510. The van der Waals surface area contributed by atoms with Crippen molar-refractivity contribution < 1.29 is 14.5 Å². The van der Waals surface area contributed by atoms with E-state index in [0.29, 0.717) is 0 Å². The molecule has 1 unspecified atom stereocenters. The quantitative estimate of drug-likeness (QED) is 0.576. The van der Waals surface area contributed by atoms with Crippen LogP contribution in [0.25, 0.3) is 0 Å². The van der Waals surface area contributed by atoms with E-state index in [1.807, 2.05) is 6.26 Å². The topological polar surface area (TPSA) is 40.3 Å². The molecular weight excluding hydrogens is 138 g/mol. The Kier molecular flexibility index (Phi) is 1.75. The Morgan fingerprint density at radius 3 is 3.00 bits per heavy atom.